The molecule has 2 aromatic rings. The second-order valence-electron chi connectivity index (χ2n) is 5.73. The number of benzene rings is 2. The van der Waals surface area contributed by atoms with Crippen LogP contribution in [-0.4, -0.2) is 28.2 Å². The Morgan fingerprint density at radius 2 is 1.83 bits per heavy atom. The van der Waals surface area contributed by atoms with Crippen LogP contribution in [0.15, 0.2) is 36.4 Å². The van der Waals surface area contributed by atoms with Crippen molar-refractivity contribution in [2.75, 3.05) is 7.11 Å². The first-order valence-corrected chi connectivity index (χ1v) is 7.50. The van der Waals surface area contributed by atoms with Crippen LogP contribution in [0.25, 0.3) is 6.08 Å². The van der Waals surface area contributed by atoms with Crippen LogP contribution in [0.5, 0.6) is 23.0 Å². The Morgan fingerprint density at radius 1 is 1.12 bits per heavy atom. The van der Waals surface area contributed by atoms with Crippen LogP contribution in [0.2, 0.25) is 0 Å². The van der Waals surface area contributed by atoms with E-state index in [9.17, 15) is 20.1 Å². The van der Waals surface area contributed by atoms with E-state index >= 15 is 0 Å². The molecule has 0 heterocycles. The number of ether oxygens (including phenoxy) is 1. The molecule has 5 nitrogen and oxygen atoms in total. The summed E-state index contributed by atoms with van der Waals surface area (Å²) in [6.45, 7) is 3.98. The number of methoxy groups -OCH3 is 1. The van der Waals surface area contributed by atoms with Gasteiger partial charge in [-0.05, 0) is 24.1 Å². The summed E-state index contributed by atoms with van der Waals surface area (Å²) < 4.78 is 5.14. The van der Waals surface area contributed by atoms with Crippen LogP contribution in [0.3, 0.4) is 0 Å². The molecule has 0 fully saturated rings. The Kier molecular flexibility index (Phi) is 5.14. The van der Waals surface area contributed by atoms with E-state index in [4.69, 9.17) is 4.74 Å². The average molecular weight is 328 g/mol. The maximum Gasteiger partial charge on any atom is 0.201 e. The van der Waals surface area contributed by atoms with Gasteiger partial charge in [-0.15, -0.1) is 0 Å². The molecular weight excluding hydrogens is 308 g/mol. The summed E-state index contributed by atoms with van der Waals surface area (Å²) >= 11 is 0. The molecule has 0 aliphatic rings. The molecule has 2 aromatic carbocycles. The Bertz CT molecular complexity index is 791. The summed E-state index contributed by atoms with van der Waals surface area (Å²) in [7, 11) is 1.37. The van der Waals surface area contributed by atoms with E-state index in [0.717, 1.165) is 0 Å². The summed E-state index contributed by atoms with van der Waals surface area (Å²) in [5.41, 5.74) is 0.612. The number of carbonyl (C=O) groups excluding carboxylic acids is 1. The van der Waals surface area contributed by atoms with E-state index in [1.165, 1.54) is 37.4 Å². The van der Waals surface area contributed by atoms with E-state index in [1.807, 2.05) is 19.9 Å². The molecular formula is C19H20O5. The summed E-state index contributed by atoms with van der Waals surface area (Å²) in [5, 5.41) is 29.9. The Labute approximate surface area is 140 Å². The molecule has 0 unspecified atom stereocenters. The molecule has 0 radical (unpaired) electrons. The number of ketones is 1. The molecule has 0 aromatic heterocycles. The smallest absolute Gasteiger partial charge is 0.201 e. The highest BCUT2D eigenvalue weighted by atomic mass is 16.5. The van der Waals surface area contributed by atoms with Crippen molar-refractivity contribution in [3.05, 3.63) is 53.1 Å². The molecule has 0 amide bonds. The van der Waals surface area contributed by atoms with Crippen molar-refractivity contribution in [2.45, 2.75) is 13.8 Å². The zero-order valence-electron chi connectivity index (χ0n) is 13.8. The van der Waals surface area contributed by atoms with E-state index in [0.29, 0.717) is 5.56 Å². The van der Waals surface area contributed by atoms with Crippen LogP contribution in [0.4, 0.5) is 0 Å². The third-order valence-corrected chi connectivity index (χ3v) is 3.47. The number of allylic oxidation sites excluding steroid dienone is 1. The minimum absolute atomic E-state index is 0.0574. The molecule has 3 N–H and O–H groups in total. The van der Waals surface area contributed by atoms with Gasteiger partial charge in [-0.1, -0.05) is 38.1 Å². The summed E-state index contributed by atoms with van der Waals surface area (Å²) in [4.78, 5) is 12.6. The molecule has 0 saturated heterocycles. The predicted molar refractivity (Wildman–Crippen MR) is 91.7 cm³/mol. The highest BCUT2D eigenvalue weighted by molar-refractivity contribution is 6.12. The van der Waals surface area contributed by atoms with Gasteiger partial charge in [0.1, 0.15) is 5.75 Å². The van der Waals surface area contributed by atoms with Crippen molar-refractivity contribution >= 4 is 11.9 Å². The fourth-order valence-electron chi connectivity index (χ4n) is 2.27. The molecule has 0 aliphatic heterocycles. The van der Waals surface area contributed by atoms with Crippen molar-refractivity contribution in [3.63, 3.8) is 0 Å². The molecule has 0 bridgehead atoms. The molecule has 5 heteroatoms. The predicted octanol–water partition coefficient (Wildman–Crippen LogP) is 3.71. The zero-order chi connectivity index (χ0) is 17.9. The Balaban J connectivity index is 2.60. The Hall–Kier alpha value is -2.95. The van der Waals surface area contributed by atoms with E-state index in [2.05, 4.69) is 0 Å². The minimum atomic E-state index is -0.554. The van der Waals surface area contributed by atoms with Gasteiger partial charge < -0.3 is 20.1 Å². The lowest BCUT2D eigenvalue weighted by Gasteiger charge is -2.13. The number of phenolic OH excluding ortho intramolecular Hbond substituents is 3. The maximum atomic E-state index is 12.6. The summed E-state index contributed by atoms with van der Waals surface area (Å²) in [6, 6.07) is 7.25. The number of aromatic hydroxyl groups is 3. The molecule has 0 atom stereocenters. The fraction of sp³-hybridized carbons (Fsp3) is 0.211. The van der Waals surface area contributed by atoms with Gasteiger partial charge in [0, 0.05) is 11.1 Å². The van der Waals surface area contributed by atoms with Crippen molar-refractivity contribution in [3.8, 4) is 23.0 Å². The Morgan fingerprint density at radius 3 is 2.42 bits per heavy atom. The third-order valence-electron chi connectivity index (χ3n) is 3.47. The summed E-state index contributed by atoms with van der Waals surface area (Å²) in [6.07, 6.45) is 3.61. The highest BCUT2D eigenvalue weighted by Gasteiger charge is 2.22. The van der Waals surface area contributed by atoms with Crippen molar-refractivity contribution in [1.29, 1.82) is 0 Å². The van der Waals surface area contributed by atoms with Gasteiger partial charge in [0.05, 0.1) is 12.7 Å². The van der Waals surface area contributed by atoms with E-state index in [-0.39, 0.29) is 28.5 Å². The standard InChI is InChI=1S/C19H20O5/c1-11(2)7-8-13-10-15(17(22)18(23)19(13)24-3)16(21)12-5-4-6-14(20)9-12/h4-11,20,22-23H,1-3H3. The second-order valence-corrected chi connectivity index (χ2v) is 5.73. The molecule has 0 aliphatic carbocycles. The topological polar surface area (TPSA) is 87.0 Å². The number of hydrogen-bond acceptors (Lipinski definition) is 5. The lowest BCUT2D eigenvalue weighted by molar-refractivity contribution is 0.103. The minimum Gasteiger partial charge on any atom is -0.508 e. The number of carbonyl (C=O) groups is 1. The van der Waals surface area contributed by atoms with Gasteiger partial charge in [0.2, 0.25) is 5.75 Å². The first-order valence-electron chi connectivity index (χ1n) is 7.50. The first kappa shape index (κ1) is 17.4. The number of phenols is 3. The van der Waals surface area contributed by atoms with Crippen LogP contribution < -0.4 is 4.74 Å². The lowest BCUT2D eigenvalue weighted by atomic mass is 9.98. The molecule has 2 rings (SSSR count). The molecule has 0 spiro atoms. The summed E-state index contributed by atoms with van der Waals surface area (Å²) in [5.74, 6) is -1.26. The van der Waals surface area contributed by atoms with Crippen molar-refractivity contribution < 1.29 is 24.9 Å². The van der Waals surface area contributed by atoms with Gasteiger partial charge in [-0.2, -0.15) is 0 Å². The van der Waals surface area contributed by atoms with Gasteiger partial charge in [0.25, 0.3) is 0 Å². The third kappa shape index (κ3) is 3.51. The zero-order valence-corrected chi connectivity index (χ0v) is 13.8. The molecule has 0 saturated carbocycles. The lowest BCUT2D eigenvalue weighted by Crippen LogP contribution is -2.03. The van der Waals surface area contributed by atoms with E-state index < -0.39 is 17.3 Å². The molecule has 126 valence electrons. The van der Waals surface area contributed by atoms with Gasteiger partial charge >= 0.3 is 0 Å². The SMILES string of the molecule is COc1c(C=CC(C)C)cc(C(=O)c2cccc(O)c2)c(O)c1O. The monoisotopic (exact) mass is 328 g/mol. The van der Waals surface area contributed by atoms with Gasteiger partial charge in [0.15, 0.2) is 17.3 Å². The van der Waals surface area contributed by atoms with Crippen molar-refractivity contribution in [1.82, 2.24) is 0 Å². The highest BCUT2D eigenvalue weighted by Crippen LogP contribution is 2.42. The second kappa shape index (κ2) is 7.08. The normalized spacial score (nSPS) is 11.2. The van der Waals surface area contributed by atoms with Gasteiger partial charge in [-0.3, -0.25) is 4.79 Å². The number of hydrogen-bond donors (Lipinski definition) is 3. The van der Waals surface area contributed by atoms with Crippen LogP contribution in [-0.2, 0) is 0 Å². The first-order chi connectivity index (χ1) is 11.3. The quantitative estimate of drug-likeness (QED) is 0.575. The largest absolute Gasteiger partial charge is 0.508 e. The molecule has 24 heavy (non-hydrogen) atoms. The maximum absolute atomic E-state index is 12.6. The number of rotatable bonds is 5. The van der Waals surface area contributed by atoms with E-state index in [1.54, 1.807) is 6.08 Å². The van der Waals surface area contributed by atoms with Crippen LogP contribution in [0, 0.1) is 5.92 Å². The van der Waals surface area contributed by atoms with Crippen molar-refractivity contribution in [2.24, 2.45) is 5.92 Å². The van der Waals surface area contributed by atoms with Gasteiger partial charge in [-0.25, -0.2) is 0 Å². The fourth-order valence-corrected chi connectivity index (χ4v) is 2.27. The van der Waals surface area contributed by atoms with Crippen LogP contribution in [0.1, 0.15) is 35.3 Å². The van der Waals surface area contributed by atoms with Crippen LogP contribution >= 0.6 is 0 Å². The average Bonchev–Trinajstić information content (AvgIpc) is 2.55.